The molecule has 0 aliphatic rings. The molecule has 0 aliphatic carbocycles. The summed E-state index contributed by atoms with van der Waals surface area (Å²) >= 11 is 3.12. The van der Waals surface area contributed by atoms with Crippen molar-refractivity contribution < 1.29 is 5.11 Å². The van der Waals surface area contributed by atoms with E-state index in [1.54, 1.807) is 11.1 Å². The van der Waals surface area contributed by atoms with Crippen molar-refractivity contribution in [2.75, 3.05) is 0 Å². The molecule has 0 radical (unpaired) electrons. The van der Waals surface area contributed by atoms with Crippen LogP contribution in [0.1, 0.15) is 32.6 Å². The van der Waals surface area contributed by atoms with Crippen LogP contribution in [0, 0.1) is 0 Å². The molecule has 1 N–H and O–H groups in total. The maximum absolute atomic E-state index is 9.16. The van der Waals surface area contributed by atoms with E-state index < -0.39 is 0 Å². The van der Waals surface area contributed by atoms with Gasteiger partial charge >= 0.3 is 0 Å². The molecule has 2 heteroatoms. The number of hydrogen-bond donors (Lipinski definition) is 1. The van der Waals surface area contributed by atoms with E-state index in [-0.39, 0.29) is 6.10 Å². The van der Waals surface area contributed by atoms with Gasteiger partial charge < -0.3 is 5.11 Å². The molecule has 0 amide bonds. The minimum atomic E-state index is -0.258. The molecule has 0 aromatic rings. The summed E-state index contributed by atoms with van der Waals surface area (Å²) in [6.07, 6.45) is 5.93. The Kier molecular flexibility index (Phi) is 7.42. The van der Waals surface area contributed by atoms with Crippen LogP contribution in [0.15, 0.2) is 11.1 Å². The first kappa shape index (κ1) is 10.2. The Morgan fingerprint density at radius 3 is 2.70 bits per heavy atom. The van der Waals surface area contributed by atoms with Gasteiger partial charge in [0.15, 0.2) is 0 Å². The second kappa shape index (κ2) is 7.29. The van der Waals surface area contributed by atoms with Gasteiger partial charge in [0.2, 0.25) is 0 Å². The van der Waals surface area contributed by atoms with E-state index in [1.807, 2.05) is 0 Å². The molecule has 0 aliphatic heterocycles. The van der Waals surface area contributed by atoms with Crippen LogP contribution in [0.2, 0.25) is 0 Å². The summed E-state index contributed by atoms with van der Waals surface area (Å²) in [6, 6.07) is 0. The third-order valence-corrected chi connectivity index (χ3v) is 1.70. The minimum Gasteiger partial charge on any atom is -0.389 e. The highest BCUT2D eigenvalue weighted by atomic mass is 79.9. The highest BCUT2D eigenvalue weighted by molar-refractivity contribution is 9.11. The molecule has 60 valence electrons. The maximum Gasteiger partial charge on any atom is 0.0728 e. The molecule has 1 atom stereocenters. The number of halogens is 1. The zero-order valence-electron chi connectivity index (χ0n) is 6.39. The zero-order valence-corrected chi connectivity index (χ0v) is 7.97. The topological polar surface area (TPSA) is 20.2 Å². The van der Waals surface area contributed by atoms with E-state index in [2.05, 4.69) is 22.9 Å². The van der Waals surface area contributed by atoms with Crippen LogP contribution in [0.3, 0.4) is 0 Å². The first-order valence-electron chi connectivity index (χ1n) is 3.76. The van der Waals surface area contributed by atoms with E-state index in [1.165, 1.54) is 12.8 Å². The maximum atomic E-state index is 9.16. The summed E-state index contributed by atoms with van der Waals surface area (Å²) in [5.74, 6) is 0. The molecule has 1 nitrogen and oxygen atoms in total. The first-order valence-corrected chi connectivity index (χ1v) is 4.67. The molecule has 0 aromatic carbocycles. The van der Waals surface area contributed by atoms with Gasteiger partial charge in [-0.1, -0.05) is 42.1 Å². The van der Waals surface area contributed by atoms with Crippen molar-refractivity contribution in [2.45, 2.75) is 38.7 Å². The Morgan fingerprint density at radius 2 is 2.20 bits per heavy atom. The molecule has 0 saturated heterocycles. The Balaban J connectivity index is 3.13. The number of aliphatic hydroxyl groups is 1. The smallest absolute Gasteiger partial charge is 0.0728 e. The summed E-state index contributed by atoms with van der Waals surface area (Å²) in [7, 11) is 0. The van der Waals surface area contributed by atoms with Crippen molar-refractivity contribution in [1.29, 1.82) is 0 Å². The molecule has 0 unspecified atom stereocenters. The zero-order chi connectivity index (χ0) is 7.82. The molecular weight excluding hydrogens is 192 g/mol. The number of aliphatic hydroxyl groups excluding tert-OH is 1. The molecule has 0 heterocycles. The van der Waals surface area contributed by atoms with Gasteiger partial charge in [-0.15, -0.1) is 0 Å². The fourth-order valence-corrected chi connectivity index (χ4v) is 1.14. The van der Waals surface area contributed by atoms with Gasteiger partial charge in [-0.3, -0.25) is 0 Å². The van der Waals surface area contributed by atoms with Crippen molar-refractivity contribution in [3.05, 3.63) is 11.1 Å². The van der Waals surface area contributed by atoms with Crippen molar-refractivity contribution in [1.82, 2.24) is 0 Å². The SMILES string of the molecule is CCCCC[C@@H](O)/C=C/Br. The molecule has 0 fully saturated rings. The Morgan fingerprint density at radius 1 is 1.50 bits per heavy atom. The first-order chi connectivity index (χ1) is 4.81. The largest absolute Gasteiger partial charge is 0.389 e. The summed E-state index contributed by atoms with van der Waals surface area (Å²) in [4.78, 5) is 1.71. The second-order valence-corrected chi connectivity index (χ2v) is 2.91. The summed E-state index contributed by atoms with van der Waals surface area (Å²) in [6.45, 7) is 2.16. The quantitative estimate of drug-likeness (QED) is 0.687. The standard InChI is InChI=1S/C8H15BrO/c1-2-3-4-5-8(10)6-7-9/h6-8,10H,2-5H2,1H3/b7-6+/t8-/m1/s1. The van der Waals surface area contributed by atoms with Crippen LogP contribution in [0.25, 0.3) is 0 Å². The predicted molar refractivity (Wildman–Crippen MR) is 48.2 cm³/mol. The lowest BCUT2D eigenvalue weighted by Crippen LogP contribution is -2.00. The minimum absolute atomic E-state index is 0.258. The van der Waals surface area contributed by atoms with Crippen LogP contribution in [0.4, 0.5) is 0 Å². The molecule has 0 bridgehead atoms. The molecule has 0 spiro atoms. The fourth-order valence-electron chi connectivity index (χ4n) is 0.784. The van der Waals surface area contributed by atoms with Crippen molar-refractivity contribution in [3.63, 3.8) is 0 Å². The van der Waals surface area contributed by atoms with Crippen LogP contribution in [-0.4, -0.2) is 11.2 Å². The van der Waals surface area contributed by atoms with E-state index in [4.69, 9.17) is 5.11 Å². The van der Waals surface area contributed by atoms with Gasteiger partial charge in [-0.2, -0.15) is 0 Å². The lowest BCUT2D eigenvalue weighted by Gasteiger charge is -2.02. The van der Waals surface area contributed by atoms with Crippen LogP contribution in [-0.2, 0) is 0 Å². The second-order valence-electron chi connectivity index (χ2n) is 2.38. The van der Waals surface area contributed by atoms with Gasteiger partial charge in [-0.25, -0.2) is 0 Å². The Labute approximate surface area is 71.3 Å². The monoisotopic (exact) mass is 206 g/mol. The fraction of sp³-hybridized carbons (Fsp3) is 0.750. The molecule has 10 heavy (non-hydrogen) atoms. The van der Waals surface area contributed by atoms with Gasteiger partial charge in [0, 0.05) is 0 Å². The third kappa shape index (κ3) is 6.30. The lowest BCUT2D eigenvalue weighted by molar-refractivity contribution is 0.208. The number of hydrogen-bond acceptors (Lipinski definition) is 1. The predicted octanol–water partition coefficient (Wildman–Crippen LogP) is 2.84. The lowest BCUT2D eigenvalue weighted by atomic mass is 10.1. The highest BCUT2D eigenvalue weighted by Crippen LogP contribution is 2.04. The van der Waals surface area contributed by atoms with Crippen LogP contribution < -0.4 is 0 Å². The third-order valence-electron chi connectivity index (χ3n) is 1.40. The van der Waals surface area contributed by atoms with Crippen molar-refractivity contribution in [2.24, 2.45) is 0 Å². The van der Waals surface area contributed by atoms with Gasteiger partial charge in [0.1, 0.15) is 0 Å². The van der Waals surface area contributed by atoms with Crippen molar-refractivity contribution >= 4 is 15.9 Å². The van der Waals surface area contributed by atoms with E-state index >= 15 is 0 Å². The van der Waals surface area contributed by atoms with Gasteiger partial charge in [0.05, 0.1) is 6.10 Å². The van der Waals surface area contributed by atoms with Crippen LogP contribution >= 0.6 is 15.9 Å². The highest BCUT2D eigenvalue weighted by Gasteiger charge is 1.96. The van der Waals surface area contributed by atoms with E-state index in [0.29, 0.717) is 0 Å². The van der Waals surface area contributed by atoms with Gasteiger partial charge in [0.25, 0.3) is 0 Å². The van der Waals surface area contributed by atoms with E-state index in [0.717, 1.165) is 12.8 Å². The normalized spacial score (nSPS) is 14.3. The summed E-state index contributed by atoms with van der Waals surface area (Å²) in [5, 5.41) is 9.16. The number of rotatable bonds is 5. The average molecular weight is 207 g/mol. The van der Waals surface area contributed by atoms with Crippen LogP contribution in [0.5, 0.6) is 0 Å². The van der Waals surface area contributed by atoms with Crippen molar-refractivity contribution in [3.8, 4) is 0 Å². The summed E-state index contributed by atoms with van der Waals surface area (Å²) < 4.78 is 0. The molecule has 0 saturated carbocycles. The van der Waals surface area contributed by atoms with E-state index in [9.17, 15) is 0 Å². The Bertz CT molecular complexity index is 91.3. The van der Waals surface area contributed by atoms with Gasteiger partial charge in [-0.05, 0) is 17.5 Å². The number of unbranched alkanes of at least 4 members (excludes halogenated alkanes) is 2. The average Bonchev–Trinajstić information content (AvgIpc) is 1.89. The Hall–Kier alpha value is 0.180. The molecular formula is C8H15BrO. The molecule has 0 aromatic heterocycles. The summed E-state index contributed by atoms with van der Waals surface area (Å²) in [5.41, 5.74) is 0. The molecule has 0 rings (SSSR count).